The number of allylic oxidation sites excluding steroid dienone is 1. The van der Waals surface area contributed by atoms with Gasteiger partial charge in [0.05, 0.1) is 28.5 Å². The summed E-state index contributed by atoms with van der Waals surface area (Å²) >= 11 is 13.5. The first-order valence-corrected chi connectivity index (χ1v) is 12.2. The predicted octanol–water partition coefficient (Wildman–Crippen LogP) is 4.03. The Labute approximate surface area is 214 Å². The summed E-state index contributed by atoms with van der Waals surface area (Å²) in [6.45, 7) is 4.90. The zero-order valence-electron chi connectivity index (χ0n) is 19.0. The minimum atomic E-state index is -0.778. The highest BCUT2D eigenvalue weighted by Crippen LogP contribution is 2.31. The number of benzene rings is 2. The molecule has 0 N–H and O–H groups in total. The van der Waals surface area contributed by atoms with Gasteiger partial charge >= 0.3 is 11.9 Å². The number of fused-ring (bicyclic) bond motifs is 1. The third-order valence-corrected chi connectivity index (χ3v) is 6.77. The van der Waals surface area contributed by atoms with Crippen LogP contribution in [0.2, 0.25) is 10.0 Å². The van der Waals surface area contributed by atoms with E-state index in [1.54, 1.807) is 62.4 Å². The van der Waals surface area contributed by atoms with E-state index in [2.05, 4.69) is 4.99 Å². The van der Waals surface area contributed by atoms with Crippen LogP contribution in [-0.2, 0) is 14.3 Å². The molecule has 0 amide bonds. The van der Waals surface area contributed by atoms with Gasteiger partial charge in [0.1, 0.15) is 5.75 Å². The van der Waals surface area contributed by atoms with Gasteiger partial charge in [-0.3, -0.25) is 14.2 Å². The molecule has 180 valence electrons. The van der Waals surface area contributed by atoms with Gasteiger partial charge in [0, 0.05) is 17.0 Å². The molecule has 0 saturated carbocycles. The van der Waals surface area contributed by atoms with Crippen molar-refractivity contribution in [2.24, 2.45) is 4.99 Å². The Bertz CT molecular complexity index is 1540. The van der Waals surface area contributed by atoms with E-state index in [1.165, 1.54) is 22.8 Å². The Kier molecular flexibility index (Phi) is 7.25. The normalized spacial score (nSPS) is 15.5. The second-order valence-electron chi connectivity index (χ2n) is 7.63. The van der Waals surface area contributed by atoms with Crippen LogP contribution in [0.5, 0.6) is 5.75 Å². The number of carbonyl (C=O) groups is 2. The van der Waals surface area contributed by atoms with Gasteiger partial charge in [-0.05, 0) is 55.3 Å². The van der Waals surface area contributed by atoms with Gasteiger partial charge in [-0.2, -0.15) is 0 Å². The van der Waals surface area contributed by atoms with Crippen molar-refractivity contribution in [3.8, 4) is 5.75 Å². The van der Waals surface area contributed by atoms with Crippen LogP contribution in [-0.4, -0.2) is 23.1 Å². The lowest BCUT2D eigenvalue weighted by Crippen LogP contribution is -2.39. The number of thiazole rings is 1. The molecule has 2 aromatic carbocycles. The molecule has 0 fully saturated rings. The van der Waals surface area contributed by atoms with Crippen LogP contribution < -0.4 is 19.6 Å². The SMILES string of the molecule is CCOC(=O)C1=C(C)N=c2s/c(=C/c3ccc(Cl)cc3Cl)c(=O)n2C1c1ccc(OC(C)=O)cc1. The first-order valence-electron chi connectivity index (χ1n) is 10.6. The molecule has 0 bridgehead atoms. The lowest BCUT2D eigenvalue weighted by Gasteiger charge is -2.24. The topological polar surface area (TPSA) is 87.0 Å². The van der Waals surface area contributed by atoms with Crippen LogP contribution in [0.25, 0.3) is 6.08 Å². The average Bonchev–Trinajstić information content (AvgIpc) is 3.09. The van der Waals surface area contributed by atoms with Crippen molar-refractivity contribution in [1.82, 2.24) is 4.57 Å². The van der Waals surface area contributed by atoms with E-state index in [4.69, 9.17) is 32.7 Å². The fourth-order valence-electron chi connectivity index (χ4n) is 3.75. The molecule has 1 unspecified atom stereocenters. The number of hydrogen-bond donors (Lipinski definition) is 0. The zero-order valence-corrected chi connectivity index (χ0v) is 21.3. The molecule has 0 saturated heterocycles. The largest absolute Gasteiger partial charge is 0.463 e. The average molecular weight is 531 g/mol. The number of aromatic nitrogens is 1. The summed E-state index contributed by atoms with van der Waals surface area (Å²) in [6.07, 6.45) is 1.67. The van der Waals surface area contributed by atoms with E-state index < -0.39 is 18.0 Å². The molecule has 10 heteroatoms. The van der Waals surface area contributed by atoms with E-state index in [9.17, 15) is 14.4 Å². The molecular weight excluding hydrogens is 511 g/mol. The van der Waals surface area contributed by atoms with Crippen molar-refractivity contribution in [2.45, 2.75) is 26.8 Å². The Morgan fingerprint density at radius 2 is 1.89 bits per heavy atom. The van der Waals surface area contributed by atoms with E-state index in [1.807, 2.05) is 0 Å². The fourth-order valence-corrected chi connectivity index (χ4v) is 5.25. The molecule has 3 aromatic rings. The van der Waals surface area contributed by atoms with Crippen molar-refractivity contribution in [1.29, 1.82) is 0 Å². The molecule has 0 aliphatic carbocycles. The summed E-state index contributed by atoms with van der Waals surface area (Å²) in [5, 5.41) is 0.893. The summed E-state index contributed by atoms with van der Waals surface area (Å²) in [4.78, 5) is 42.8. The molecule has 0 spiro atoms. The fraction of sp³-hybridized carbons (Fsp3) is 0.200. The summed E-state index contributed by atoms with van der Waals surface area (Å²) in [7, 11) is 0. The number of carbonyl (C=O) groups excluding carboxylic acids is 2. The zero-order chi connectivity index (χ0) is 25.3. The van der Waals surface area contributed by atoms with Gasteiger partial charge < -0.3 is 9.47 Å². The number of rotatable bonds is 5. The number of esters is 2. The molecule has 2 heterocycles. The van der Waals surface area contributed by atoms with Gasteiger partial charge in [0.15, 0.2) is 4.80 Å². The lowest BCUT2D eigenvalue weighted by molar-refractivity contribution is -0.139. The Morgan fingerprint density at radius 3 is 2.51 bits per heavy atom. The standard InChI is InChI=1S/C25H20Cl2N2O5S/c1-4-33-24(32)21-13(2)28-25-29(22(21)15-6-9-18(10-7-15)34-14(3)30)23(31)20(35-25)11-16-5-8-17(26)12-19(16)27/h5-12,22H,4H2,1-3H3/b20-11+. The molecule has 0 radical (unpaired) electrons. The number of nitrogens with zero attached hydrogens (tertiary/aromatic N) is 2. The van der Waals surface area contributed by atoms with Gasteiger partial charge in [-0.25, -0.2) is 9.79 Å². The molecule has 1 aliphatic heterocycles. The van der Waals surface area contributed by atoms with Gasteiger partial charge in [0.2, 0.25) is 0 Å². The highest BCUT2D eigenvalue weighted by Gasteiger charge is 2.33. The summed E-state index contributed by atoms with van der Waals surface area (Å²) in [6, 6.07) is 10.9. The van der Waals surface area contributed by atoms with Crippen molar-refractivity contribution in [3.63, 3.8) is 0 Å². The third kappa shape index (κ3) is 5.10. The maximum absolute atomic E-state index is 13.6. The second-order valence-corrected chi connectivity index (χ2v) is 9.48. The maximum atomic E-state index is 13.6. The molecule has 1 aliphatic rings. The van der Waals surface area contributed by atoms with Crippen LogP contribution in [0.3, 0.4) is 0 Å². The monoisotopic (exact) mass is 530 g/mol. The van der Waals surface area contributed by atoms with E-state index in [-0.39, 0.29) is 17.7 Å². The summed E-state index contributed by atoms with van der Waals surface area (Å²) < 4.78 is 12.3. The van der Waals surface area contributed by atoms with Crippen molar-refractivity contribution in [3.05, 3.63) is 94.6 Å². The quantitative estimate of drug-likeness (QED) is 0.367. The lowest BCUT2D eigenvalue weighted by atomic mass is 9.96. The van der Waals surface area contributed by atoms with Crippen LogP contribution in [0.1, 0.15) is 37.9 Å². The third-order valence-electron chi connectivity index (χ3n) is 5.22. The van der Waals surface area contributed by atoms with E-state index in [0.717, 1.165) is 0 Å². The molecule has 7 nitrogen and oxygen atoms in total. The number of halogens is 2. The first kappa shape index (κ1) is 24.9. The van der Waals surface area contributed by atoms with Gasteiger partial charge in [-0.1, -0.05) is 52.7 Å². The smallest absolute Gasteiger partial charge is 0.338 e. The minimum absolute atomic E-state index is 0.174. The number of ether oxygens (including phenoxy) is 2. The highest BCUT2D eigenvalue weighted by atomic mass is 35.5. The number of hydrogen-bond acceptors (Lipinski definition) is 7. The Hall–Kier alpha value is -3.20. The minimum Gasteiger partial charge on any atom is -0.463 e. The second kappa shape index (κ2) is 10.2. The van der Waals surface area contributed by atoms with Crippen molar-refractivity contribution < 1.29 is 19.1 Å². The van der Waals surface area contributed by atoms with Crippen molar-refractivity contribution >= 4 is 52.6 Å². The Morgan fingerprint density at radius 1 is 1.17 bits per heavy atom. The Balaban J connectivity index is 1.91. The van der Waals surface area contributed by atoms with Crippen LogP contribution in [0.4, 0.5) is 0 Å². The van der Waals surface area contributed by atoms with Gasteiger partial charge in [0.25, 0.3) is 5.56 Å². The predicted molar refractivity (Wildman–Crippen MR) is 135 cm³/mol. The maximum Gasteiger partial charge on any atom is 0.338 e. The molecule has 4 rings (SSSR count). The van der Waals surface area contributed by atoms with Crippen LogP contribution in [0, 0.1) is 0 Å². The molecule has 1 aromatic heterocycles. The highest BCUT2D eigenvalue weighted by molar-refractivity contribution is 7.07. The summed E-state index contributed by atoms with van der Waals surface area (Å²) in [5.41, 5.74) is 1.65. The van der Waals surface area contributed by atoms with E-state index in [0.29, 0.717) is 42.0 Å². The van der Waals surface area contributed by atoms with Crippen LogP contribution in [0.15, 0.2) is 63.5 Å². The van der Waals surface area contributed by atoms with E-state index >= 15 is 0 Å². The van der Waals surface area contributed by atoms with Crippen molar-refractivity contribution in [2.75, 3.05) is 6.61 Å². The first-order chi connectivity index (χ1) is 16.7. The molecular formula is C25H20Cl2N2O5S. The summed E-state index contributed by atoms with van der Waals surface area (Å²) in [5.74, 6) is -0.656. The van der Waals surface area contributed by atoms with Gasteiger partial charge in [-0.15, -0.1) is 0 Å². The van der Waals surface area contributed by atoms with Crippen LogP contribution >= 0.6 is 34.5 Å². The molecule has 35 heavy (non-hydrogen) atoms. The molecule has 1 atom stereocenters.